The summed E-state index contributed by atoms with van der Waals surface area (Å²) in [6.45, 7) is 4.15. The minimum Gasteiger partial charge on any atom is -0.311 e. The molecule has 0 bridgehead atoms. The summed E-state index contributed by atoms with van der Waals surface area (Å²) in [4.78, 5) is 24.9. The second-order valence-corrected chi connectivity index (χ2v) is 6.76. The molecule has 1 amide bonds. The van der Waals surface area contributed by atoms with Crippen molar-refractivity contribution in [2.75, 3.05) is 11.4 Å². The van der Waals surface area contributed by atoms with Crippen LogP contribution >= 0.6 is 27.7 Å². The number of aryl methyl sites for hydroxylation is 1. The van der Waals surface area contributed by atoms with Gasteiger partial charge in [0.25, 0.3) is 0 Å². The van der Waals surface area contributed by atoms with Gasteiger partial charge in [-0.1, -0.05) is 27.7 Å². The maximum atomic E-state index is 12.0. The number of thioether (sulfide) groups is 1. The maximum absolute atomic E-state index is 12.0. The van der Waals surface area contributed by atoms with E-state index in [4.69, 9.17) is 0 Å². The van der Waals surface area contributed by atoms with E-state index in [9.17, 15) is 9.59 Å². The Morgan fingerprint density at radius 2 is 2.22 bits per heavy atom. The second kappa shape index (κ2) is 5.45. The average Bonchev–Trinajstić information content (AvgIpc) is 2.58. The summed E-state index contributed by atoms with van der Waals surface area (Å²) in [6.07, 6.45) is 0.444. The molecule has 0 radical (unpaired) electrons. The van der Waals surface area contributed by atoms with Crippen molar-refractivity contribution >= 4 is 44.4 Å². The first-order valence-electron chi connectivity index (χ1n) is 5.71. The highest BCUT2D eigenvalue weighted by molar-refractivity contribution is 9.10. The average molecular weight is 328 g/mol. The molecule has 1 aromatic carbocycles. The number of hydrogen-bond acceptors (Lipinski definition) is 3. The molecular formula is C13H14BrNO2S. The lowest BCUT2D eigenvalue weighted by molar-refractivity contribution is -0.117. The number of nitrogens with zero attached hydrogens (tertiary/aromatic N) is 1. The number of rotatable bonds is 2. The van der Waals surface area contributed by atoms with Crippen LogP contribution in [-0.4, -0.2) is 22.8 Å². The predicted octanol–water partition coefficient (Wildman–Crippen LogP) is 3.14. The lowest BCUT2D eigenvalue weighted by atomic mass is 10.2. The van der Waals surface area contributed by atoms with Crippen LogP contribution in [0.1, 0.15) is 18.9 Å². The number of amides is 1. The minimum atomic E-state index is 0.0715. The molecule has 3 nitrogen and oxygen atoms in total. The molecule has 96 valence electrons. The van der Waals surface area contributed by atoms with Gasteiger partial charge >= 0.3 is 0 Å². The van der Waals surface area contributed by atoms with E-state index in [1.807, 2.05) is 25.1 Å². The molecule has 0 aliphatic carbocycles. The molecule has 1 aliphatic rings. The van der Waals surface area contributed by atoms with Crippen molar-refractivity contribution in [3.05, 3.63) is 28.2 Å². The van der Waals surface area contributed by atoms with E-state index < -0.39 is 0 Å². The molecule has 0 saturated carbocycles. The normalized spacial score (nSPS) is 19.4. The Labute approximate surface area is 119 Å². The first-order chi connectivity index (χ1) is 8.47. The van der Waals surface area contributed by atoms with Crippen LogP contribution < -0.4 is 4.90 Å². The van der Waals surface area contributed by atoms with Gasteiger partial charge in [-0.05, 0) is 30.7 Å². The van der Waals surface area contributed by atoms with Crippen molar-refractivity contribution < 1.29 is 9.59 Å². The molecule has 0 aromatic heterocycles. The van der Waals surface area contributed by atoms with Gasteiger partial charge in [-0.15, -0.1) is 0 Å². The van der Waals surface area contributed by atoms with E-state index in [-0.39, 0.29) is 16.3 Å². The molecule has 0 N–H and O–H groups in total. The Balaban J connectivity index is 2.19. The van der Waals surface area contributed by atoms with Crippen molar-refractivity contribution in [1.82, 2.24) is 0 Å². The van der Waals surface area contributed by atoms with Gasteiger partial charge in [0.2, 0.25) is 5.91 Å². The van der Waals surface area contributed by atoms with Crippen LogP contribution in [0.3, 0.4) is 0 Å². The highest BCUT2D eigenvalue weighted by Crippen LogP contribution is 2.31. The molecular weight excluding hydrogens is 314 g/mol. The van der Waals surface area contributed by atoms with Gasteiger partial charge in [0.05, 0.1) is 0 Å². The Bertz CT molecular complexity index is 504. The quantitative estimate of drug-likeness (QED) is 0.837. The van der Waals surface area contributed by atoms with Gasteiger partial charge < -0.3 is 4.90 Å². The first kappa shape index (κ1) is 13.6. The molecule has 2 rings (SSSR count). The summed E-state index contributed by atoms with van der Waals surface area (Å²) < 4.78 is 1.00. The number of benzene rings is 1. The molecule has 1 aliphatic heterocycles. The number of anilines is 1. The van der Waals surface area contributed by atoms with Crippen LogP contribution in [0.25, 0.3) is 0 Å². The van der Waals surface area contributed by atoms with Crippen LogP contribution in [0.2, 0.25) is 0 Å². The Morgan fingerprint density at radius 3 is 2.83 bits per heavy atom. The smallest absolute Gasteiger partial charge is 0.228 e. The summed E-state index contributed by atoms with van der Waals surface area (Å²) in [5.74, 6) is 0.0965. The van der Waals surface area contributed by atoms with Gasteiger partial charge in [0, 0.05) is 35.3 Å². The first-order valence-corrected chi connectivity index (χ1v) is 7.38. The third-order valence-electron chi connectivity index (χ3n) is 2.87. The highest BCUT2D eigenvalue weighted by Gasteiger charge is 2.32. The predicted molar refractivity (Wildman–Crippen MR) is 77.9 cm³/mol. The number of carbonyl (C=O) groups excluding carboxylic acids is 2. The highest BCUT2D eigenvalue weighted by atomic mass is 79.9. The molecule has 1 saturated heterocycles. The topological polar surface area (TPSA) is 37.4 Å². The summed E-state index contributed by atoms with van der Waals surface area (Å²) in [6, 6.07) is 5.87. The van der Waals surface area contributed by atoms with Crippen LogP contribution in [0, 0.1) is 6.92 Å². The zero-order valence-electron chi connectivity index (χ0n) is 10.3. The van der Waals surface area contributed by atoms with Crippen molar-refractivity contribution in [3.8, 4) is 0 Å². The van der Waals surface area contributed by atoms with Crippen LogP contribution in [0.15, 0.2) is 22.7 Å². The molecule has 1 heterocycles. The maximum Gasteiger partial charge on any atom is 0.228 e. The molecule has 5 heteroatoms. The number of carbonyl (C=O) groups is 2. The summed E-state index contributed by atoms with van der Waals surface area (Å²) in [7, 11) is 0. The largest absolute Gasteiger partial charge is 0.311 e. The van der Waals surface area contributed by atoms with Gasteiger partial charge in [-0.3, -0.25) is 9.59 Å². The molecule has 1 atom stereocenters. The van der Waals surface area contributed by atoms with Gasteiger partial charge in [-0.25, -0.2) is 0 Å². The molecule has 1 fully saturated rings. The third-order valence-corrected chi connectivity index (χ3v) is 4.35. The SMILES string of the molecule is CC(=O)SC1CC(=O)N(c2ccc(Br)cc2C)C1. The van der Waals surface area contributed by atoms with Crippen molar-refractivity contribution in [2.24, 2.45) is 0 Å². The van der Waals surface area contributed by atoms with Crippen LogP contribution in [0.5, 0.6) is 0 Å². The molecule has 1 unspecified atom stereocenters. The van der Waals surface area contributed by atoms with Crippen molar-refractivity contribution in [2.45, 2.75) is 25.5 Å². The van der Waals surface area contributed by atoms with Gasteiger partial charge in [0.15, 0.2) is 5.12 Å². The van der Waals surface area contributed by atoms with Crippen LogP contribution in [-0.2, 0) is 9.59 Å². The van der Waals surface area contributed by atoms with Crippen LogP contribution in [0.4, 0.5) is 5.69 Å². The number of halogens is 1. The summed E-state index contributed by atoms with van der Waals surface area (Å²) >= 11 is 4.67. The monoisotopic (exact) mass is 327 g/mol. The molecule has 0 spiro atoms. The zero-order chi connectivity index (χ0) is 13.3. The Kier molecular flexibility index (Phi) is 4.12. The van der Waals surface area contributed by atoms with E-state index in [0.717, 1.165) is 15.7 Å². The van der Waals surface area contributed by atoms with E-state index in [1.165, 1.54) is 11.8 Å². The van der Waals surface area contributed by atoms with Gasteiger partial charge in [0.1, 0.15) is 0 Å². The molecule has 1 aromatic rings. The summed E-state index contributed by atoms with van der Waals surface area (Å²) in [5.41, 5.74) is 2.00. The fourth-order valence-electron chi connectivity index (χ4n) is 2.14. The van der Waals surface area contributed by atoms with Crippen molar-refractivity contribution in [1.29, 1.82) is 0 Å². The second-order valence-electron chi connectivity index (χ2n) is 4.37. The third kappa shape index (κ3) is 2.95. The molecule has 18 heavy (non-hydrogen) atoms. The Hall–Kier alpha value is -0.810. The van der Waals surface area contributed by atoms with Crippen molar-refractivity contribution in [3.63, 3.8) is 0 Å². The Morgan fingerprint density at radius 1 is 1.50 bits per heavy atom. The van der Waals surface area contributed by atoms with E-state index in [1.54, 1.807) is 11.8 Å². The fourth-order valence-corrected chi connectivity index (χ4v) is 3.54. The standard InChI is InChI=1S/C13H14BrNO2S/c1-8-5-10(14)3-4-12(8)15-7-11(6-13(15)17)18-9(2)16/h3-5,11H,6-7H2,1-2H3. The fraction of sp³-hybridized carbons (Fsp3) is 0.385. The van der Waals surface area contributed by atoms with E-state index in [2.05, 4.69) is 15.9 Å². The number of hydrogen-bond donors (Lipinski definition) is 0. The lowest BCUT2D eigenvalue weighted by Crippen LogP contribution is -2.25. The minimum absolute atomic E-state index is 0.0715. The van der Waals surface area contributed by atoms with Gasteiger partial charge in [-0.2, -0.15) is 0 Å². The van der Waals surface area contributed by atoms with E-state index in [0.29, 0.717) is 13.0 Å². The lowest BCUT2D eigenvalue weighted by Gasteiger charge is -2.19. The zero-order valence-corrected chi connectivity index (χ0v) is 12.7. The van der Waals surface area contributed by atoms with E-state index >= 15 is 0 Å². The summed E-state index contributed by atoms with van der Waals surface area (Å²) in [5, 5.41) is 0.153.